The summed E-state index contributed by atoms with van der Waals surface area (Å²) in [4.78, 5) is 13.4. The lowest BCUT2D eigenvalue weighted by atomic mass is 9.89. The summed E-state index contributed by atoms with van der Waals surface area (Å²) in [5.74, 6) is 1.64. The lowest BCUT2D eigenvalue weighted by molar-refractivity contribution is -0.110. The number of amides is 1. The first kappa shape index (κ1) is 14.4. The van der Waals surface area contributed by atoms with E-state index < -0.39 is 0 Å². The number of ether oxygens (including phenoxy) is 1. The number of hydrogen-bond donors (Lipinski definition) is 1. The quantitative estimate of drug-likeness (QED) is 0.850. The lowest BCUT2D eigenvalue weighted by Crippen LogP contribution is -2.47. The summed E-state index contributed by atoms with van der Waals surface area (Å²) < 4.78 is 6.16. The molecule has 118 valence electrons. The number of piperidine rings is 1. The molecule has 1 amide bonds. The van der Waals surface area contributed by atoms with E-state index in [1.165, 1.54) is 0 Å². The number of anilines is 1. The van der Waals surface area contributed by atoms with Crippen molar-refractivity contribution in [1.29, 1.82) is 0 Å². The van der Waals surface area contributed by atoms with E-state index >= 15 is 0 Å². The fraction of sp³-hybridized carbons (Fsp3) is 0.278. The zero-order chi connectivity index (χ0) is 15.8. The highest BCUT2D eigenvalue weighted by atomic mass is 35.5. The molecule has 0 unspecified atom stereocenters. The average molecular weight is 329 g/mol. The molecule has 23 heavy (non-hydrogen) atoms. The third-order valence-electron chi connectivity index (χ3n) is 4.60. The van der Waals surface area contributed by atoms with Gasteiger partial charge in [-0.05, 0) is 37.1 Å². The molecule has 2 heterocycles. The van der Waals surface area contributed by atoms with E-state index in [0.717, 1.165) is 48.5 Å². The summed E-state index contributed by atoms with van der Waals surface area (Å²) in [5.41, 5.74) is 2.08. The Morgan fingerprint density at radius 1 is 1.22 bits per heavy atom. The molecular weight excluding hydrogens is 312 g/mol. The molecule has 1 saturated heterocycles. The Morgan fingerprint density at radius 2 is 2.09 bits per heavy atom. The van der Waals surface area contributed by atoms with E-state index in [9.17, 15) is 4.79 Å². The predicted molar refractivity (Wildman–Crippen MR) is 90.3 cm³/mol. The van der Waals surface area contributed by atoms with Gasteiger partial charge in [0.25, 0.3) is 0 Å². The van der Waals surface area contributed by atoms with Crippen LogP contribution in [0.15, 0.2) is 42.5 Å². The van der Waals surface area contributed by atoms with Crippen molar-refractivity contribution in [3.63, 3.8) is 0 Å². The minimum absolute atomic E-state index is 0.0462. The van der Waals surface area contributed by atoms with Gasteiger partial charge in [0.2, 0.25) is 6.41 Å². The van der Waals surface area contributed by atoms with Gasteiger partial charge < -0.3 is 15.0 Å². The molecule has 2 aromatic rings. The van der Waals surface area contributed by atoms with Gasteiger partial charge in [-0.3, -0.25) is 4.79 Å². The first-order chi connectivity index (χ1) is 11.3. The number of para-hydroxylation sites is 1. The van der Waals surface area contributed by atoms with Crippen molar-refractivity contribution in [2.75, 3.05) is 11.4 Å². The first-order valence-corrected chi connectivity index (χ1v) is 8.18. The van der Waals surface area contributed by atoms with Crippen LogP contribution in [0.25, 0.3) is 0 Å². The lowest BCUT2D eigenvalue weighted by Gasteiger charge is -2.42. The number of nitrogens with zero attached hydrogens (tertiary/aromatic N) is 1. The Hall–Kier alpha value is -2.20. The minimum Gasteiger partial charge on any atom is -0.455 e. The highest BCUT2D eigenvalue weighted by Crippen LogP contribution is 2.48. The van der Waals surface area contributed by atoms with Crippen molar-refractivity contribution in [2.45, 2.75) is 24.9 Å². The smallest absolute Gasteiger partial charge is 0.207 e. The Labute approximate surface area is 140 Å². The van der Waals surface area contributed by atoms with Gasteiger partial charge in [0, 0.05) is 17.1 Å². The van der Waals surface area contributed by atoms with Gasteiger partial charge in [-0.2, -0.15) is 0 Å². The maximum Gasteiger partial charge on any atom is 0.207 e. The first-order valence-electron chi connectivity index (χ1n) is 7.80. The third kappa shape index (κ3) is 2.43. The van der Waals surface area contributed by atoms with Crippen LogP contribution in [0.4, 0.5) is 5.69 Å². The largest absolute Gasteiger partial charge is 0.455 e. The van der Waals surface area contributed by atoms with Crippen LogP contribution in [0.3, 0.4) is 0 Å². The van der Waals surface area contributed by atoms with Gasteiger partial charge in [0.15, 0.2) is 5.75 Å². The standard InChI is InChI=1S/C18H17ClN2O2/c19-12-7-8-17-15(10-12)21-9-3-5-14(20-11-22)18(21)13-4-1-2-6-16(13)23-17/h1-2,4,6-8,10-11,14,18H,3,5,9H2,(H,20,22)/t14-,18+/m1/s1. The molecule has 2 aromatic carbocycles. The highest BCUT2D eigenvalue weighted by molar-refractivity contribution is 6.31. The Morgan fingerprint density at radius 3 is 2.96 bits per heavy atom. The number of carbonyl (C=O) groups excluding carboxylic acids is 1. The molecule has 0 aliphatic carbocycles. The van der Waals surface area contributed by atoms with Gasteiger partial charge in [-0.25, -0.2) is 0 Å². The molecule has 2 aliphatic rings. The maximum atomic E-state index is 11.1. The number of fused-ring (bicyclic) bond motifs is 5. The summed E-state index contributed by atoms with van der Waals surface area (Å²) in [6.07, 6.45) is 2.75. The molecule has 1 N–H and O–H groups in total. The fourth-order valence-corrected chi connectivity index (χ4v) is 3.82. The SMILES string of the molecule is O=CN[C@@H]1CCCN2c3cc(Cl)ccc3Oc3ccccc3[C@@H]12. The fourth-order valence-electron chi connectivity index (χ4n) is 3.65. The van der Waals surface area contributed by atoms with Crippen molar-refractivity contribution in [3.05, 3.63) is 53.1 Å². The number of hydrogen-bond acceptors (Lipinski definition) is 3. The van der Waals surface area contributed by atoms with Gasteiger partial charge in [0.05, 0.1) is 17.8 Å². The van der Waals surface area contributed by atoms with Gasteiger partial charge >= 0.3 is 0 Å². The van der Waals surface area contributed by atoms with E-state index in [-0.39, 0.29) is 12.1 Å². The molecule has 0 spiro atoms. The van der Waals surface area contributed by atoms with Crippen LogP contribution in [0.5, 0.6) is 11.5 Å². The summed E-state index contributed by atoms with van der Waals surface area (Å²) in [6, 6.07) is 13.8. The van der Waals surface area contributed by atoms with Crippen LogP contribution in [-0.2, 0) is 4.79 Å². The third-order valence-corrected chi connectivity index (χ3v) is 4.84. The molecule has 2 atom stereocenters. The molecule has 4 nitrogen and oxygen atoms in total. The van der Waals surface area contributed by atoms with E-state index in [4.69, 9.17) is 16.3 Å². The van der Waals surface area contributed by atoms with Gasteiger partial charge in [-0.15, -0.1) is 0 Å². The molecule has 0 radical (unpaired) electrons. The van der Waals surface area contributed by atoms with E-state index in [0.29, 0.717) is 5.02 Å². The second-order valence-corrected chi connectivity index (χ2v) is 6.36. The summed E-state index contributed by atoms with van der Waals surface area (Å²) in [7, 11) is 0. The van der Waals surface area contributed by atoms with Gasteiger partial charge in [-0.1, -0.05) is 29.8 Å². The molecule has 0 bridgehead atoms. The molecule has 4 rings (SSSR count). The molecular formula is C18H17ClN2O2. The highest BCUT2D eigenvalue weighted by Gasteiger charge is 2.37. The zero-order valence-electron chi connectivity index (χ0n) is 12.5. The van der Waals surface area contributed by atoms with E-state index in [2.05, 4.69) is 16.3 Å². The normalized spacial score (nSPS) is 22.0. The minimum atomic E-state index is 0.0462. The molecule has 0 saturated carbocycles. The number of carbonyl (C=O) groups is 1. The molecule has 1 fully saturated rings. The summed E-state index contributed by atoms with van der Waals surface area (Å²) >= 11 is 6.22. The van der Waals surface area contributed by atoms with Crippen molar-refractivity contribution < 1.29 is 9.53 Å². The Balaban J connectivity index is 1.91. The summed E-state index contributed by atoms with van der Waals surface area (Å²) in [6.45, 7) is 0.909. The van der Waals surface area contributed by atoms with Crippen LogP contribution in [-0.4, -0.2) is 19.0 Å². The van der Waals surface area contributed by atoms with Crippen molar-refractivity contribution in [2.24, 2.45) is 0 Å². The molecule has 2 aliphatic heterocycles. The van der Waals surface area contributed by atoms with Crippen LogP contribution in [0.1, 0.15) is 24.4 Å². The second kappa shape index (κ2) is 5.78. The van der Waals surface area contributed by atoms with Crippen molar-refractivity contribution in [1.82, 2.24) is 5.32 Å². The maximum absolute atomic E-state index is 11.1. The van der Waals surface area contributed by atoms with Crippen LogP contribution >= 0.6 is 11.6 Å². The monoisotopic (exact) mass is 328 g/mol. The predicted octanol–water partition coefficient (Wildman–Crippen LogP) is 3.90. The van der Waals surface area contributed by atoms with Crippen LogP contribution < -0.4 is 15.0 Å². The summed E-state index contributed by atoms with van der Waals surface area (Å²) in [5, 5.41) is 3.67. The Kier molecular flexibility index (Phi) is 3.62. The van der Waals surface area contributed by atoms with Crippen molar-refractivity contribution in [3.8, 4) is 11.5 Å². The molecule has 5 heteroatoms. The van der Waals surface area contributed by atoms with Crippen LogP contribution in [0, 0.1) is 0 Å². The number of nitrogens with one attached hydrogen (secondary N) is 1. The van der Waals surface area contributed by atoms with E-state index in [1.807, 2.05) is 36.4 Å². The number of benzene rings is 2. The average Bonchev–Trinajstić information content (AvgIpc) is 2.70. The topological polar surface area (TPSA) is 41.6 Å². The second-order valence-electron chi connectivity index (χ2n) is 5.92. The zero-order valence-corrected chi connectivity index (χ0v) is 13.3. The number of halogens is 1. The number of rotatable bonds is 2. The van der Waals surface area contributed by atoms with Gasteiger partial charge in [0.1, 0.15) is 5.75 Å². The molecule has 0 aromatic heterocycles. The van der Waals surface area contributed by atoms with Crippen molar-refractivity contribution >= 4 is 23.7 Å². The van der Waals surface area contributed by atoms with Crippen LogP contribution in [0.2, 0.25) is 5.02 Å². The van der Waals surface area contributed by atoms with E-state index in [1.54, 1.807) is 0 Å². The Bertz CT molecular complexity index is 750.